The second-order valence-electron chi connectivity index (χ2n) is 5.86. The Hall–Kier alpha value is -1.10. The summed E-state index contributed by atoms with van der Waals surface area (Å²) < 4.78 is 5.38. The van der Waals surface area contributed by atoms with Gasteiger partial charge in [0.05, 0.1) is 13.2 Å². The van der Waals surface area contributed by atoms with Gasteiger partial charge in [-0.1, -0.05) is 38.8 Å². The molecule has 0 spiro atoms. The van der Waals surface area contributed by atoms with E-state index in [9.17, 15) is 0 Å². The monoisotopic (exact) mass is 291 g/mol. The number of hydrogen-bond acceptors (Lipinski definition) is 4. The van der Waals surface area contributed by atoms with Crippen LogP contribution in [-0.4, -0.2) is 30.6 Å². The summed E-state index contributed by atoms with van der Waals surface area (Å²) in [4.78, 5) is 2.57. The summed E-state index contributed by atoms with van der Waals surface area (Å²) in [5, 5.41) is 0. The Morgan fingerprint density at radius 1 is 1.29 bits per heavy atom. The summed E-state index contributed by atoms with van der Waals surface area (Å²) >= 11 is 0. The minimum atomic E-state index is 0.116. The molecule has 0 saturated heterocycles. The lowest BCUT2D eigenvalue weighted by Gasteiger charge is -2.46. The van der Waals surface area contributed by atoms with Gasteiger partial charge in [0.1, 0.15) is 5.75 Å². The van der Waals surface area contributed by atoms with E-state index in [0.717, 1.165) is 18.8 Å². The van der Waals surface area contributed by atoms with E-state index in [-0.39, 0.29) is 11.6 Å². The summed E-state index contributed by atoms with van der Waals surface area (Å²) in [6.45, 7) is 6.59. The molecule has 118 valence electrons. The van der Waals surface area contributed by atoms with Crippen molar-refractivity contribution in [2.24, 2.45) is 5.84 Å². The first-order valence-corrected chi connectivity index (χ1v) is 8.07. The molecular formula is C17H29N3O. The molecule has 0 aliphatic heterocycles. The molecule has 0 bridgehead atoms. The maximum absolute atomic E-state index is 5.99. The molecule has 0 heterocycles. The Bertz CT molecular complexity index is 439. The van der Waals surface area contributed by atoms with Gasteiger partial charge in [0, 0.05) is 5.54 Å². The smallest absolute Gasteiger partial charge is 0.119 e. The highest BCUT2D eigenvalue weighted by Gasteiger charge is 2.45. The second-order valence-corrected chi connectivity index (χ2v) is 5.86. The van der Waals surface area contributed by atoms with Crippen LogP contribution in [0.4, 0.5) is 0 Å². The van der Waals surface area contributed by atoms with Gasteiger partial charge in [-0.2, -0.15) is 0 Å². The lowest BCUT2D eigenvalue weighted by Crippen LogP contribution is -2.56. The lowest BCUT2D eigenvalue weighted by molar-refractivity contribution is 0.0625. The predicted molar refractivity (Wildman–Crippen MR) is 87.2 cm³/mol. The molecule has 1 saturated carbocycles. The molecule has 1 aromatic rings. The highest BCUT2D eigenvalue weighted by Crippen LogP contribution is 2.44. The number of rotatable bonds is 7. The summed E-state index contributed by atoms with van der Waals surface area (Å²) in [7, 11) is 1.71. The number of nitrogens with zero attached hydrogens (tertiary/aromatic N) is 1. The Morgan fingerprint density at radius 2 is 1.95 bits per heavy atom. The molecule has 1 aromatic carbocycles. The Morgan fingerprint density at radius 3 is 2.48 bits per heavy atom. The third-order valence-electron chi connectivity index (χ3n) is 4.99. The topological polar surface area (TPSA) is 50.5 Å². The van der Waals surface area contributed by atoms with Crippen molar-refractivity contribution in [3.05, 3.63) is 29.8 Å². The van der Waals surface area contributed by atoms with E-state index in [1.165, 1.54) is 31.2 Å². The Kier molecular flexibility index (Phi) is 5.62. The van der Waals surface area contributed by atoms with E-state index >= 15 is 0 Å². The van der Waals surface area contributed by atoms with Gasteiger partial charge in [0.15, 0.2) is 0 Å². The molecule has 3 N–H and O–H groups in total. The fraction of sp³-hybridized carbons (Fsp3) is 0.647. The van der Waals surface area contributed by atoms with Crippen LogP contribution >= 0.6 is 0 Å². The molecule has 1 unspecified atom stereocenters. The number of benzene rings is 1. The van der Waals surface area contributed by atoms with Crippen molar-refractivity contribution in [2.75, 3.05) is 20.2 Å². The van der Waals surface area contributed by atoms with E-state index in [4.69, 9.17) is 10.6 Å². The SMILES string of the molecule is CCN(CC)C1(C(NN)c2cccc(OC)c2)CCCC1. The van der Waals surface area contributed by atoms with E-state index in [1.54, 1.807) is 7.11 Å². The molecule has 1 fully saturated rings. The number of likely N-dealkylation sites (N-methyl/N-ethyl adjacent to an activating group) is 1. The van der Waals surface area contributed by atoms with E-state index in [2.05, 4.69) is 36.3 Å². The molecule has 1 aliphatic carbocycles. The van der Waals surface area contributed by atoms with E-state index < -0.39 is 0 Å². The Balaban J connectivity index is 2.40. The van der Waals surface area contributed by atoms with Crippen molar-refractivity contribution < 1.29 is 4.74 Å². The molecule has 0 radical (unpaired) electrons. The third kappa shape index (κ3) is 3.07. The Labute approximate surface area is 128 Å². The molecule has 4 nitrogen and oxygen atoms in total. The molecule has 2 rings (SSSR count). The molecule has 0 amide bonds. The molecular weight excluding hydrogens is 262 g/mol. The third-order valence-corrected chi connectivity index (χ3v) is 4.99. The minimum absolute atomic E-state index is 0.116. The van der Waals surface area contributed by atoms with Crippen molar-refractivity contribution in [1.29, 1.82) is 0 Å². The maximum Gasteiger partial charge on any atom is 0.119 e. The number of ether oxygens (including phenoxy) is 1. The van der Waals surface area contributed by atoms with E-state index in [0.29, 0.717) is 0 Å². The fourth-order valence-electron chi connectivity index (χ4n) is 4.01. The van der Waals surface area contributed by atoms with Gasteiger partial charge in [0.2, 0.25) is 0 Å². The van der Waals surface area contributed by atoms with Crippen LogP contribution in [-0.2, 0) is 0 Å². The largest absolute Gasteiger partial charge is 0.497 e. The number of nitrogens with two attached hydrogens (primary N) is 1. The van der Waals surface area contributed by atoms with Crippen LogP contribution in [0, 0.1) is 0 Å². The van der Waals surface area contributed by atoms with Crippen LogP contribution in [0.3, 0.4) is 0 Å². The summed E-state index contributed by atoms with van der Waals surface area (Å²) in [6.07, 6.45) is 4.94. The van der Waals surface area contributed by atoms with Crippen molar-refractivity contribution >= 4 is 0 Å². The van der Waals surface area contributed by atoms with Crippen molar-refractivity contribution in [3.63, 3.8) is 0 Å². The summed E-state index contributed by atoms with van der Waals surface area (Å²) in [5.41, 5.74) is 4.43. The second kappa shape index (κ2) is 7.25. The van der Waals surface area contributed by atoms with Gasteiger partial charge < -0.3 is 4.74 Å². The van der Waals surface area contributed by atoms with Crippen molar-refractivity contribution in [1.82, 2.24) is 10.3 Å². The zero-order valence-electron chi connectivity index (χ0n) is 13.6. The van der Waals surface area contributed by atoms with Crippen LogP contribution in [0.15, 0.2) is 24.3 Å². The molecule has 0 aromatic heterocycles. The van der Waals surface area contributed by atoms with Crippen molar-refractivity contribution in [3.8, 4) is 5.75 Å². The maximum atomic E-state index is 5.99. The molecule has 1 atom stereocenters. The predicted octanol–water partition coefficient (Wildman–Crippen LogP) is 2.85. The quantitative estimate of drug-likeness (QED) is 0.599. The molecule has 21 heavy (non-hydrogen) atoms. The highest BCUT2D eigenvalue weighted by atomic mass is 16.5. The van der Waals surface area contributed by atoms with Gasteiger partial charge in [0.25, 0.3) is 0 Å². The highest BCUT2D eigenvalue weighted by molar-refractivity contribution is 5.33. The number of methoxy groups -OCH3 is 1. The minimum Gasteiger partial charge on any atom is -0.497 e. The zero-order valence-corrected chi connectivity index (χ0v) is 13.6. The van der Waals surface area contributed by atoms with Crippen LogP contribution < -0.4 is 16.0 Å². The lowest BCUT2D eigenvalue weighted by atomic mass is 9.82. The van der Waals surface area contributed by atoms with Gasteiger partial charge in [-0.15, -0.1) is 0 Å². The van der Waals surface area contributed by atoms with Gasteiger partial charge in [-0.25, -0.2) is 0 Å². The number of hydrogen-bond donors (Lipinski definition) is 2. The van der Waals surface area contributed by atoms with Gasteiger partial charge >= 0.3 is 0 Å². The van der Waals surface area contributed by atoms with Crippen LogP contribution in [0.25, 0.3) is 0 Å². The first-order valence-electron chi connectivity index (χ1n) is 8.07. The van der Waals surface area contributed by atoms with Crippen LogP contribution in [0.5, 0.6) is 5.75 Å². The zero-order chi connectivity index (χ0) is 15.3. The number of hydrazine groups is 1. The van der Waals surface area contributed by atoms with Crippen LogP contribution in [0.1, 0.15) is 51.1 Å². The average Bonchev–Trinajstić information content (AvgIpc) is 3.00. The average molecular weight is 291 g/mol. The summed E-state index contributed by atoms with van der Waals surface area (Å²) in [6, 6.07) is 8.42. The van der Waals surface area contributed by atoms with Crippen molar-refractivity contribution in [2.45, 2.75) is 51.1 Å². The van der Waals surface area contributed by atoms with Crippen LogP contribution in [0.2, 0.25) is 0 Å². The summed E-state index contributed by atoms with van der Waals surface area (Å²) in [5.74, 6) is 6.88. The normalized spacial score (nSPS) is 18.9. The molecule has 1 aliphatic rings. The van der Waals surface area contributed by atoms with E-state index in [1.807, 2.05) is 12.1 Å². The standard InChI is InChI=1S/C17H29N3O/c1-4-20(5-2)17(11-6-7-12-17)16(19-18)14-9-8-10-15(13-14)21-3/h8-10,13,16,19H,4-7,11-12,18H2,1-3H3. The first kappa shape index (κ1) is 16.3. The van der Waals surface area contributed by atoms with Gasteiger partial charge in [-0.05, 0) is 43.6 Å². The number of nitrogens with one attached hydrogen (secondary N) is 1. The van der Waals surface area contributed by atoms with Gasteiger partial charge in [-0.3, -0.25) is 16.2 Å². The fourth-order valence-corrected chi connectivity index (χ4v) is 4.01. The first-order chi connectivity index (χ1) is 10.2. The molecule has 4 heteroatoms.